The lowest BCUT2D eigenvalue weighted by atomic mass is 9.72. The highest BCUT2D eigenvalue weighted by atomic mass is 16.5. The lowest BCUT2D eigenvalue weighted by Crippen LogP contribution is -2.50. The summed E-state index contributed by atoms with van der Waals surface area (Å²) in [4.78, 5) is 13.5. The Bertz CT molecular complexity index is 433. The van der Waals surface area contributed by atoms with Crippen LogP contribution in [0, 0.1) is 5.92 Å². The highest BCUT2D eigenvalue weighted by Gasteiger charge is 2.52. The first-order chi connectivity index (χ1) is 7.18. The van der Waals surface area contributed by atoms with Crippen LogP contribution in [0.15, 0.2) is 35.6 Å². The van der Waals surface area contributed by atoms with E-state index in [-0.39, 0.29) is 5.91 Å². The summed E-state index contributed by atoms with van der Waals surface area (Å²) in [5.41, 5.74) is 0.766. The van der Waals surface area contributed by atoms with E-state index in [0.717, 1.165) is 12.2 Å². The normalized spacial score (nSPS) is 36.5. The van der Waals surface area contributed by atoms with Gasteiger partial charge in [-0.3, -0.25) is 4.79 Å². The first-order valence-electron chi connectivity index (χ1n) is 5.13. The van der Waals surface area contributed by atoms with Crippen LogP contribution in [0.1, 0.15) is 6.42 Å². The molecule has 15 heavy (non-hydrogen) atoms. The molecule has 0 N–H and O–H groups in total. The highest BCUT2D eigenvalue weighted by molar-refractivity contribution is 5.94. The third-order valence-electron chi connectivity index (χ3n) is 3.65. The number of methoxy groups -OCH3 is 1. The zero-order valence-corrected chi connectivity index (χ0v) is 8.86. The molecule has 0 fully saturated rings. The summed E-state index contributed by atoms with van der Waals surface area (Å²) < 4.78 is 5.42. The van der Waals surface area contributed by atoms with E-state index in [1.165, 1.54) is 5.57 Å². The number of allylic oxidation sites excluding steroid dienone is 2. The van der Waals surface area contributed by atoms with Gasteiger partial charge in [-0.2, -0.15) is 0 Å². The first-order valence-corrected chi connectivity index (χ1v) is 5.13. The number of ether oxygens (including phenoxy) is 1. The van der Waals surface area contributed by atoms with Crippen LogP contribution in [-0.2, 0) is 9.53 Å². The molecule has 2 unspecified atom stereocenters. The minimum atomic E-state index is -0.402. The van der Waals surface area contributed by atoms with Crippen molar-refractivity contribution in [1.29, 1.82) is 0 Å². The number of likely N-dealkylation sites (N-methyl/N-ethyl adjacent to an activating group) is 1. The van der Waals surface area contributed by atoms with Crippen LogP contribution >= 0.6 is 0 Å². The molecule has 0 aromatic heterocycles. The maximum absolute atomic E-state index is 11.7. The van der Waals surface area contributed by atoms with Crippen LogP contribution in [-0.4, -0.2) is 30.5 Å². The molecule has 4 rings (SSSR count). The van der Waals surface area contributed by atoms with Gasteiger partial charge in [-0.1, -0.05) is 12.2 Å². The predicted molar refractivity (Wildman–Crippen MR) is 55.9 cm³/mol. The van der Waals surface area contributed by atoms with Gasteiger partial charge < -0.3 is 9.64 Å². The van der Waals surface area contributed by atoms with Crippen molar-refractivity contribution in [2.45, 2.75) is 12.0 Å². The van der Waals surface area contributed by atoms with Crippen molar-refractivity contribution in [3.05, 3.63) is 35.6 Å². The Balaban J connectivity index is 2.22. The monoisotopic (exact) mass is 203 g/mol. The van der Waals surface area contributed by atoms with Crippen LogP contribution in [0.3, 0.4) is 0 Å². The Kier molecular flexibility index (Phi) is 1.48. The fourth-order valence-corrected chi connectivity index (χ4v) is 2.83. The molecule has 78 valence electrons. The Hall–Kier alpha value is -1.51. The van der Waals surface area contributed by atoms with E-state index in [2.05, 4.69) is 18.2 Å². The van der Waals surface area contributed by atoms with Crippen LogP contribution in [0.25, 0.3) is 0 Å². The van der Waals surface area contributed by atoms with E-state index in [1.807, 2.05) is 7.05 Å². The molecule has 3 aliphatic carbocycles. The molecule has 2 bridgehead atoms. The smallest absolute Gasteiger partial charge is 0.247 e. The molecule has 1 heterocycles. The van der Waals surface area contributed by atoms with E-state index in [9.17, 15) is 4.79 Å². The lowest BCUT2D eigenvalue weighted by molar-refractivity contribution is -0.126. The minimum absolute atomic E-state index is 0.0696. The van der Waals surface area contributed by atoms with E-state index in [1.54, 1.807) is 18.1 Å². The summed E-state index contributed by atoms with van der Waals surface area (Å²) in [5, 5.41) is 0. The summed E-state index contributed by atoms with van der Waals surface area (Å²) in [6, 6.07) is 0. The SMILES string of the molecule is COC1=CC2C=CC13C(=CC(=O)N3C)C2. The number of hydrogen-bond acceptors (Lipinski definition) is 2. The quantitative estimate of drug-likeness (QED) is 0.600. The molecular weight excluding hydrogens is 190 g/mol. The Morgan fingerprint density at radius 1 is 1.60 bits per heavy atom. The van der Waals surface area contributed by atoms with Crippen molar-refractivity contribution in [3.63, 3.8) is 0 Å². The molecule has 0 radical (unpaired) electrons. The van der Waals surface area contributed by atoms with Gasteiger partial charge in [0.15, 0.2) is 0 Å². The van der Waals surface area contributed by atoms with Crippen LogP contribution in [0.4, 0.5) is 0 Å². The van der Waals surface area contributed by atoms with Crippen LogP contribution < -0.4 is 0 Å². The lowest BCUT2D eigenvalue weighted by Gasteiger charge is -2.44. The van der Waals surface area contributed by atoms with Crippen LogP contribution in [0.5, 0.6) is 0 Å². The Morgan fingerprint density at radius 3 is 3.13 bits per heavy atom. The average molecular weight is 203 g/mol. The van der Waals surface area contributed by atoms with Crippen molar-refractivity contribution in [1.82, 2.24) is 4.90 Å². The van der Waals surface area contributed by atoms with Gasteiger partial charge in [0.05, 0.1) is 7.11 Å². The van der Waals surface area contributed by atoms with Crippen molar-refractivity contribution in [2.24, 2.45) is 5.92 Å². The molecule has 0 saturated heterocycles. The van der Waals surface area contributed by atoms with Gasteiger partial charge in [0.25, 0.3) is 0 Å². The summed E-state index contributed by atoms with van der Waals surface area (Å²) in [6.07, 6.45) is 9.07. The summed E-state index contributed by atoms with van der Waals surface area (Å²) >= 11 is 0. The van der Waals surface area contributed by atoms with E-state index < -0.39 is 5.54 Å². The number of rotatable bonds is 1. The van der Waals surface area contributed by atoms with E-state index >= 15 is 0 Å². The molecule has 3 nitrogen and oxygen atoms in total. The number of hydrogen-bond donors (Lipinski definition) is 0. The standard InChI is InChI=1S/C12H13NO2/c1-13-11(14)7-9-5-8-3-4-12(9,13)10(6-8)15-2/h3-4,6-8H,5H2,1-2H3. The minimum Gasteiger partial charge on any atom is -0.498 e. The molecule has 1 amide bonds. The summed E-state index contributed by atoms with van der Waals surface area (Å²) in [6.45, 7) is 0. The van der Waals surface area contributed by atoms with Gasteiger partial charge in [0.2, 0.25) is 5.91 Å². The number of carbonyl (C=O) groups is 1. The second-order valence-corrected chi connectivity index (χ2v) is 4.30. The molecule has 2 atom stereocenters. The Morgan fingerprint density at radius 2 is 2.40 bits per heavy atom. The zero-order valence-electron chi connectivity index (χ0n) is 8.86. The van der Waals surface area contributed by atoms with Gasteiger partial charge >= 0.3 is 0 Å². The van der Waals surface area contributed by atoms with Gasteiger partial charge in [-0.25, -0.2) is 0 Å². The second kappa shape index (κ2) is 2.54. The van der Waals surface area contributed by atoms with Gasteiger partial charge in [-0.05, 0) is 18.1 Å². The van der Waals surface area contributed by atoms with Gasteiger partial charge in [0, 0.05) is 19.0 Å². The molecule has 3 heteroatoms. The number of carbonyl (C=O) groups excluding carboxylic acids is 1. The third-order valence-corrected chi connectivity index (χ3v) is 3.65. The van der Waals surface area contributed by atoms with Crippen molar-refractivity contribution < 1.29 is 9.53 Å². The average Bonchev–Trinajstić information content (AvgIpc) is 2.52. The summed E-state index contributed by atoms with van der Waals surface area (Å²) in [5.74, 6) is 1.35. The largest absolute Gasteiger partial charge is 0.498 e. The number of amides is 1. The first kappa shape index (κ1) is 8.77. The van der Waals surface area contributed by atoms with Crippen molar-refractivity contribution in [3.8, 4) is 0 Å². The van der Waals surface area contributed by atoms with Gasteiger partial charge in [0.1, 0.15) is 11.3 Å². The zero-order chi connectivity index (χ0) is 10.6. The van der Waals surface area contributed by atoms with Crippen LogP contribution in [0.2, 0.25) is 0 Å². The van der Waals surface area contributed by atoms with Gasteiger partial charge in [-0.15, -0.1) is 0 Å². The molecule has 1 spiro atoms. The maximum Gasteiger partial charge on any atom is 0.247 e. The molecule has 1 aliphatic heterocycles. The predicted octanol–water partition coefficient (Wildman–Crippen LogP) is 1.24. The Labute approximate surface area is 88.7 Å². The molecular formula is C12H13NO2. The van der Waals surface area contributed by atoms with Crippen molar-refractivity contribution >= 4 is 5.91 Å². The fraction of sp³-hybridized carbons (Fsp3) is 0.417. The molecule has 0 aromatic rings. The third kappa shape index (κ3) is 0.838. The molecule has 4 aliphatic rings. The topological polar surface area (TPSA) is 29.5 Å². The fourth-order valence-electron chi connectivity index (χ4n) is 2.83. The maximum atomic E-state index is 11.7. The van der Waals surface area contributed by atoms with E-state index in [4.69, 9.17) is 4.74 Å². The molecule has 0 saturated carbocycles. The molecule has 0 aromatic carbocycles. The second-order valence-electron chi connectivity index (χ2n) is 4.30. The number of nitrogens with zero attached hydrogens (tertiary/aromatic N) is 1. The summed E-state index contributed by atoms with van der Waals surface area (Å²) in [7, 11) is 3.50. The van der Waals surface area contributed by atoms with Crippen molar-refractivity contribution in [2.75, 3.05) is 14.2 Å². The van der Waals surface area contributed by atoms with E-state index in [0.29, 0.717) is 5.92 Å². The highest BCUT2D eigenvalue weighted by Crippen LogP contribution is 2.49.